The second kappa shape index (κ2) is 6.22. The van der Waals surface area contributed by atoms with Crippen LogP contribution in [-0.2, 0) is 9.47 Å². The molecule has 1 saturated heterocycles. The third kappa shape index (κ3) is 3.90. The Labute approximate surface area is 92.8 Å². The summed E-state index contributed by atoms with van der Waals surface area (Å²) in [5.74, 6) is 0. The van der Waals surface area contributed by atoms with Crippen molar-refractivity contribution >= 4 is 13.9 Å². The Hall–Kier alpha value is -0.430. The number of benzene rings is 1. The standard InChI is InChI=1S/C12H17O2P/c1-2-5-11(6-3-1)15-10-7-12-13-8-4-9-14-12/h1-3,5-6,12,15H,4,7-10H2. The van der Waals surface area contributed by atoms with Crippen LogP contribution in [0.1, 0.15) is 12.8 Å². The number of hydrogen-bond donors (Lipinski definition) is 0. The minimum absolute atomic E-state index is 0.0509. The maximum Gasteiger partial charge on any atom is 0.157 e. The molecular formula is C12H17O2P. The zero-order valence-corrected chi connectivity index (χ0v) is 9.82. The highest BCUT2D eigenvalue weighted by Gasteiger charge is 2.13. The fraction of sp³-hybridized carbons (Fsp3) is 0.500. The topological polar surface area (TPSA) is 18.5 Å². The highest BCUT2D eigenvalue weighted by atomic mass is 31.1. The molecule has 0 spiro atoms. The van der Waals surface area contributed by atoms with Gasteiger partial charge in [-0.3, -0.25) is 0 Å². The van der Waals surface area contributed by atoms with Crippen molar-refractivity contribution < 1.29 is 9.47 Å². The summed E-state index contributed by atoms with van der Waals surface area (Å²) in [5.41, 5.74) is 0. The first-order valence-electron chi connectivity index (χ1n) is 5.47. The van der Waals surface area contributed by atoms with Gasteiger partial charge in [-0.15, -0.1) is 0 Å². The molecule has 1 atom stereocenters. The van der Waals surface area contributed by atoms with Gasteiger partial charge in [0, 0.05) is 6.42 Å². The van der Waals surface area contributed by atoms with Crippen LogP contribution in [0.25, 0.3) is 0 Å². The third-order valence-corrected chi connectivity index (χ3v) is 3.66. The average molecular weight is 224 g/mol. The summed E-state index contributed by atoms with van der Waals surface area (Å²) in [5, 5.41) is 1.42. The van der Waals surface area contributed by atoms with E-state index in [-0.39, 0.29) is 6.29 Å². The van der Waals surface area contributed by atoms with E-state index in [0.29, 0.717) is 0 Å². The van der Waals surface area contributed by atoms with Gasteiger partial charge in [-0.25, -0.2) is 0 Å². The molecule has 0 amide bonds. The van der Waals surface area contributed by atoms with E-state index < -0.39 is 0 Å². The molecule has 0 aromatic heterocycles. The lowest BCUT2D eigenvalue weighted by Gasteiger charge is -2.22. The Morgan fingerprint density at radius 2 is 1.87 bits per heavy atom. The monoisotopic (exact) mass is 224 g/mol. The average Bonchev–Trinajstić information content (AvgIpc) is 2.32. The fourth-order valence-corrected chi connectivity index (χ4v) is 2.69. The van der Waals surface area contributed by atoms with Gasteiger partial charge in [-0.1, -0.05) is 38.9 Å². The summed E-state index contributed by atoms with van der Waals surface area (Å²) in [7, 11) is 0.869. The van der Waals surface area contributed by atoms with Gasteiger partial charge in [-0.05, 0) is 17.9 Å². The van der Waals surface area contributed by atoms with Gasteiger partial charge in [0.25, 0.3) is 0 Å². The van der Waals surface area contributed by atoms with Gasteiger partial charge in [0.15, 0.2) is 6.29 Å². The highest BCUT2D eigenvalue weighted by Crippen LogP contribution is 2.16. The van der Waals surface area contributed by atoms with Crippen molar-refractivity contribution in [2.45, 2.75) is 19.1 Å². The van der Waals surface area contributed by atoms with Crippen molar-refractivity contribution in [1.82, 2.24) is 0 Å². The van der Waals surface area contributed by atoms with Crippen molar-refractivity contribution in [3.05, 3.63) is 30.3 Å². The van der Waals surface area contributed by atoms with Crippen LogP contribution in [0.15, 0.2) is 30.3 Å². The van der Waals surface area contributed by atoms with Crippen molar-refractivity contribution in [1.29, 1.82) is 0 Å². The Morgan fingerprint density at radius 1 is 1.13 bits per heavy atom. The summed E-state index contributed by atoms with van der Waals surface area (Å²) >= 11 is 0. The molecule has 0 radical (unpaired) electrons. The molecule has 2 rings (SSSR count). The van der Waals surface area contributed by atoms with Crippen molar-refractivity contribution in [3.63, 3.8) is 0 Å². The molecule has 0 bridgehead atoms. The second-order valence-corrected chi connectivity index (χ2v) is 5.04. The quantitative estimate of drug-likeness (QED) is 0.729. The smallest absolute Gasteiger partial charge is 0.157 e. The molecule has 2 nitrogen and oxygen atoms in total. The number of hydrogen-bond acceptors (Lipinski definition) is 2. The Kier molecular flexibility index (Phi) is 4.59. The van der Waals surface area contributed by atoms with Gasteiger partial charge >= 0.3 is 0 Å². The summed E-state index contributed by atoms with van der Waals surface area (Å²) < 4.78 is 11.0. The molecule has 1 aromatic rings. The van der Waals surface area contributed by atoms with E-state index in [1.165, 1.54) is 5.30 Å². The van der Waals surface area contributed by atoms with Gasteiger partial charge < -0.3 is 9.47 Å². The van der Waals surface area contributed by atoms with Gasteiger partial charge in [0.1, 0.15) is 0 Å². The van der Waals surface area contributed by atoms with Crippen LogP contribution in [0.4, 0.5) is 0 Å². The van der Waals surface area contributed by atoms with Crippen molar-refractivity contribution in [2.24, 2.45) is 0 Å². The van der Waals surface area contributed by atoms with Crippen LogP contribution in [0.3, 0.4) is 0 Å². The predicted octanol–water partition coefficient (Wildman–Crippen LogP) is 2.14. The van der Waals surface area contributed by atoms with E-state index in [0.717, 1.165) is 40.8 Å². The Bertz CT molecular complexity index is 270. The lowest BCUT2D eigenvalue weighted by molar-refractivity contribution is -0.178. The van der Waals surface area contributed by atoms with Crippen molar-refractivity contribution in [3.8, 4) is 0 Å². The maximum atomic E-state index is 5.50. The molecule has 1 aromatic carbocycles. The molecule has 1 aliphatic rings. The van der Waals surface area contributed by atoms with Crippen LogP contribution in [0.2, 0.25) is 0 Å². The fourth-order valence-electron chi connectivity index (χ4n) is 1.59. The molecule has 1 unspecified atom stereocenters. The summed E-state index contributed by atoms with van der Waals surface area (Å²) in [4.78, 5) is 0. The Morgan fingerprint density at radius 3 is 2.60 bits per heavy atom. The summed E-state index contributed by atoms with van der Waals surface area (Å²) in [6.45, 7) is 1.72. The summed E-state index contributed by atoms with van der Waals surface area (Å²) in [6.07, 6.45) is 3.27. The molecule has 3 heteroatoms. The Balaban J connectivity index is 1.66. The first-order chi connectivity index (χ1) is 7.45. The van der Waals surface area contributed by atoms with Crippen molar-refractivity contribution in [2.75, 3.05) is 19.4 Å². The third-order valence-electron chi connectivity index (χ3n) is 2.38. The van der Waals surface area contributed by atoms with E-state index in [1.807, 2.05) is 0 Å². The summed E-state index contributed by atoms with van der Waals surface area (Å²) in [6, 6.07) is 10.6. The lowest BCUT2D eigenvalue weighted by atomic mass is 10.4. The first kappa shape index (κ1) is 11.1. The van der Waals surface area contributed by atoms with E-state index in [9.17, 15) is 0 Å². The minimum atomic E-state index is 0.0509. The van der Waals surface area contributed by atoms with E-state index >= 15 is 0 Å². The van der Waals surface area contributed by atoms with Crippen LogP contribution < -0.4 is 5.30 Å². The van der Waals surface area contributed by atoms with Crippen LogP contribution in [-0.4, -0.2) is 25.7 Å². The molecule has 1 heterocycles. The van der Waals surface area contributed by atoms with Gasteiger partial charge in [-0.2, -0.15) is 0 Å². The van der Waals surface area contributed by atoms with Crippen LogP contribution in [0, 0.1) is 0 Å². The van der Waals surface area contributed by atoms with Crippen LogP contribution >= 0.6 is 8.58 Å². The van der Waals surface area contributed by atoms with Crippen LogP contribution in [0.5, 0.6) is 0 Å². The van der Waals surface area contributed by atoms with Gasteiger partial charge in [0.2, 0.25) is 0 Å². The highest BCUT2D eigenvalue weighted by molar-refractivity contribution is 7.47. The maximum absolute atomic E-state index is 5.50. The number of ether oxygens (including phenoxy) is 2. The van der Waals surface area contributed by atoms with E-state index in [4.69, 9.17) is 9.47 Å². The lowest BCUT2D eigenvalue weighted by Crippen LogP contribution is -2.25. The minimum Gasteiger partial charge on any atom is -0.353 e. The largest absolute Gasteiger partial charge is 0.353 e. The zero-order chi connectivity index (χ0) is 10.3. The molecule has 0 saturated carbocycles. The predicted molar refractivity (Wildman–Crippen MR) is 64.2 cm³/mol. The van der Waals surface area contributed by atoms with E-state index in [2.05, 4.69) is 30.3 Å². The second-order valence-electron chi connectivity index (χ2n) is 3.61. The molecular weight excluding hydrogens is 207 g/mol. The zero-order valence-electron chi connectivity index (χ0n) is 8.82. The molecule has 1 fully saturated rings. The molecule has 1 aliphatic heterocycles. The molecule has 0 aliphatic carbocycles. The normalized spacial score (nSPS) is 18.7. The SMILES string of the molecule is c1ccc(PCCC2OCCCO2)cc1. The van der Waals surface area contributed by atoms with E-state index in [1.54, 1.807) is 0 Å². The number of rotatable bonds is 4. The first-order valence-corrected chi connectivity index (χ1v) is 6.68. The van der Waals surface area contributed by atoms with Gasteiger partial charge in [0.05, 0.1) is 13.2 Å². The molecule has 15 heavy (non-hydrogen) atoms. The molecule has 82 valence electrons. The molecule has 0 N–H and O–H groups in total.